The lowest BCUT2D eigenvalue weighted by atomic mass is 10.2. The van der Waals surface area contributed by atoms with Crippen LogP contribution in [0.25, 0.3) is 10.8 Å². The van der Waals surface area contributed by atoms with E-state index in [4.69, 9.17) is 0 Å². The van der Waals surface area contributed by atoms with Crippen LogP contribution in [-0.2, 0) is 4.79 Å². The maximum absolute atomic E-state index is 11.6. The van der Waals surface area contributed by atoms with Crippen LogP contribution in [0.5, 0.6) is 0 Å². The number of benzene rings is 1. The molecule has 1 aromatic carbocycles. The molecule has 6 nitrogen and oxygen atoms in total. The number of aromatic amines is 1. The molecular formula is C14H16N4O2. The number of anilines is 1. The Labute approximate surface area is 115 Å². The topological polar surface area (TPSA) is 86.9 Å². The number of carbonyl (C=O) groups is 1. The molecule has 1 aromatic heterocycles. The fraction of sp³-hybridized carbons (Fsp3) is 0.214. The SMILES string of the molecule is C=CC(=O)NCCCNc1n[nH]c(=O)c2ccccc12. The summed E-state index contributed by atoms with van der Waals surface area (Å²) in [5.41, 5.74) is -0.204. The molecule has 0 fully saturated rings. The van der Waals surface area contributed by atoms with Gasteiger partial charge in [-0.25, -0.2) is 5.10 Å². The summed E-state index contributed by atoms with van der Waals surface area (Å²) in [5, 5.41) is 13.7. The van der Waals surface area contributed by atoms with Gasteiger partial charge in [-0.2, -0.15) is 5.10 Å². The van der Waals surface area contributed by atoms with Gasteiger partial charge in [0, 0.05) is 18.5 Å². The van der Waals surface area contributed by atoms with E-state index >= 15 is 0 Å². The average molecular weight is 272 g/mol. The van der Waals surface area contributed by atoms with Gasteiger partial charge in [-0.1, -0.05) is 24.8 Å². The maximum atomic E-state index is 11.6. The Morgan fingerprint density at radius 1 is 1.30 bits per heavy atom. The molecule has 0 spiro atoms. The summed E-state index contributed by atoms with van der Waals surface area (Å²) < 4.78 is 0. The van der Waals surface area contributed by atoms with E-state index in [0.717, 1.165) is 11.8 Å². The quantitative estimate of drug-likeness (QED) is 0.541. The van der Waals surface area contributed by atoms with E-state index in [0.29, 0.717) is 24.3 Å². The summed E-state index contributed by atoms with van der Waals surface area (Å²) in [5.74, 6) is 0.452. The molecular weight excluding hydrogens is 256 g/mol. The third kappa shape index (κ3) is 3.23. The average Bonchev–Trinajstić information content (AvgIpc) is 2.49. The zero-order valence-electron chi connectivity index (χ0n) is 11.0. The Morgan fingerprint density at radius 2 is 2.05 bits per heavy atom. The van der Waals surface area contributed by atoms with Crippen LogP contribution >= 0.6 is 0 Å². The van der Waals surface area contributed by atoms with Crippen LogP contribution in [0.2, 0.25) is 0 Å². The van der Waals surface area contributed by atoms with Gasteiger partial charge in [0.15, 0.2) is 5.82 Å². The highest BCUT2D eigenvalue weighted by molar-refractivity contribution is 5.90. The van der Waals surface area contributed by atoms with Crippen LogP contribution in [0.3, 0.4) is 0 Å². The number of nitrogens with one attached hydrogen (secondary N) is 3. The van der Waals surface area contributed by atoms with Crippen molar-refractivity contribution in [1.82, 2.24) is 15.5 Å². The molecule has 0 radical (unpaired) electrons. The predicted molar refractivity (Wildman–Crippen MR) is 78.7 cm³/mol. The number of nitrogens with zero attached hydrogens (tertiary/aromatic N) is 1. The standard InChI is InChI=1S/C14H16N4O2/c1-2-12(19)15-8-5-9-16-13-10-6-3-4-7-11(10)14(20)18-17-13/h2-4,6-7H,1,5,8-9H2,(H,15,19)(H,16,17)(H,18,20). The van der Waals surface area contributed by atoms with Crippen LogP contribution in [-0.4, -0.2) is 29.2 Å². The molecule has 0 saturated carbocycles. The van der Waals surface area contributed by atoms with E-state index < -0.39 is 0 Å². The third-order valence-corrected chi connectivity index (χ3v) is 2.83. The normalized spacial score (nSPS) is 10.2. The molecule has 0 bridgehead atoms. The Balaban J connectivity index is 1.97. The van der Waals surface area contributed by atoms with Crippen LogP contribution in [0.15, 0.2) is 41.7 Å². The van der Waals surface area contributed by atoms with Crippen molar-refractivity contribution in [3.8, 4) is 0 Å². The molecule has 0 atom stereocenters. The Bertz CT molecular complexity index is 678. The lowest BCUT2D eigenvalue weighted by Crippen LogP contribution is -2.23. The minimum absolute atomic E-state index is 0.183. The number of carbonyl (C=O) groups excluding carboxylic acids is 1. The predicted octanol–water partition coefficient (Wildman–Crippen LogP) is 1.03. The molecule has 0 saturated heterocycles. The van der Waals surface area contributed by atoms with Gasteiger partial charge in [-0.05, 0) is 18.6 Å². The lowest BCUT2D eigenvalue weighted by Gasteiger charge is -2.08. The molecule has 0 unspecified atom stereocenters. The summed E-state index contributed by atoms with van der Waals surface area (Å²) in [6, 6.07) is 7.27. The van der Waals surface area contributed by atoms with Gasteiger partial charge in [-0.3, -0.25) is 9.59 Å². The zero-order valence-corrected chi connectivity index (χ0v) is 11.0. The molecule has 104 valence electrons. The first-order valence-corrected chi connectivity index (χ1v) is 6.34. The van der Waals surface area contributed by atoms with E-state index in [1.165, 1.54) is 6.08 Å². The van der Waals surface area contributed by atoms with E-state index in [1.807, 2.05) is 18.2 Å². The fourth-order valence-electron chi connectivity index (χ4n) is 1.83. The van der Waals surface area contributed by atoms with Gasteiger partial charge >= 0.3 is 0 Å². The van der Waals surface area contributed by atoms with E-state index in [-0.39, 0.29) is 11.5 Å². The van der Waals surface area contributed by atoms with Gasteiger partial charge in [0.1, 0.15) is 0 Å². The van der Waals surface area contributed by atoms with Gasteiger partial charge in [0.05, 0.1) is 5.39 Å². The van der Waals surface area contributed by atoms with E-state index in [1.54, 1.807) is 6.07 Å². The summed E-state index contributed by atoms with van der Waals surface area (Å²) in [6.07, 6.45) is 1.99. The molecule has 1 amide bonds. The smallest absolute Gasteiger partial charge is 0.272 e. The van der Waals surface area contributed by atoms with Crippen LogP contribution in [0.4, 0.5) is 5.82 Å². The second-order valence-corrected chi connectivity index (χ2v) is 4.22. The van der Waals surface area contributed by atoms with Crippen molar-refractivity contribution in [2.75, 3.05) is 18.4 Å². The van der Waals surface area contributed by atoms with Crippen molar-refractivity contribution < 1.29 is 4.79 Å². The van der Waals surface area contributed by atoms with Crippen LogP contribution < -0.4 is 16.2 Å². The molecule has 3 N–H and O–H groups in total. The highest BCUT2D eigenvalue weighted by Gasteiger charge is 2.04. The molecule has 0 aliphatic heterocycles. The molecule has 20 heavy (non-hydrogen) atoms. The maximum Gasteiger partial charge on any atom is 0.272 e. The van der Waals surface area contributed by atoms with Crippen molar-refractivity contribution in [2.24, 2.45) is 0 Å². The monoisotopic (exact) mass is 272 g/mol. The number of hydrogen-bond acceptors (Lipinski definition) is 4. The molecule has 2 rings (SSSR count). The van der Waals surface area contributed by atoms with Crippen LogP contribution in [0, 0.1) is 0 Å². The Kier molecular flexibility index (Phi) is 4.49. The third-order valence-electron chi connectivity index (χ3n) is 2.83. The second-order valence-electron chi connectivity index (χ2n) is 4.22. The number of amides is 1. The van der Waals surface area contributed by atoms with Gasteiger partial charge in [0.2, 0.25) is 5.91 Å². The number of hydrogen-bond donors (Lipinski definition) is 3. The van der Waals surface area contributed by atoms with E-state index in [2.05, 4.69) is 27.4 Å². The number of H-pyrrole nitrogens is 1. The van der Waals surface area contributed by atoms with E-state index in [9.17, 15) is 9.59 Å². The lowest BCUT2D eigenvalue weighted by molar-refractivity contribution is -0.116. The summed E-state index contributed by atoms with van der Waals surface area (Å²) >= 11 is 0. The Morgan fingerprint density at radius 3 is 2.80 bits per heavy atom. The molecule has 0 aliphatic carbocycles. The van der Waals surface area contributed by atoms with Gasteiger partial charge in [0.25, 0.3) is 5.56 Å². The first kappa shape index (κ1) is 13.8. The van der Waals surface area contributed by atoms with Crippen molar-refractivity contribution >= 4 is 22.5 Å². The molecule has 0 aliphatic rings. The summed E-state index contributed by atoms with van der Waals surface area (Å²) in [4.78, 5) is 22.6. The second kappa shape index (κ2) is 6.51. The minimum atomic E-state index is -0.204. The first-order valence-electron chi connectivity index (χ1n) is 6.34. The highest BCUT2D eigenvalue weighted by atomic mass is 16.1. The molecule has 2 aromatic rings. The minimum Gasteiger partial charge on any atom is -0.368 e. The highest BCUT2D eigenvalue weighted by Crippen LogP contribution is 2.16. The first-order chi connectivity index (χ1) is 9.72. The van der Waals surface area contributed by atoms with Crippen LogP contribution in [0.1, 0.15) is 6.42 Å². The molecule has 1 heterocycles. The van der Waals surface area contributed by atoms with Crippen molar-refractivity contribution in [3.05, 3.63) is 47.3 Å². The molecule has 6 heteroatoms. The largest absolute Gasteiger partial charge is 0.368 e. The zero-order chi connectivity index (χ0) is 14.4. The Hall–Kier alpha value is -2.63. The van der Waals surface area contributed by atoms with Gasteiger partial charge < -0.3 is 10.6 Å². The van der Waals surface area contributed by atoms with Gasteiger partial charge in [-0.15, -0.1) is 0 Å². The number of aromatic nitrogens is 2. The number of fused-ring (bicyclic) bond motifs is 1. The summed E-state index contributed by atoms with van der Waals surface area (Å²) in [6.45, 7) is 4.57. The fourth-order valence-corrected chi connectivity index (χ4v) is 1.83. The van der Waals surface area contributed by atoms with Crippen molar-refractivity contribution in [2.45, 2.75) is 6.42 Å². The number of rotatable bonds is 6. The van der Waals surface area contributed by atoms with Crippen molar-refractivity contribution in [3.63, 3.8) is 0 Å². The van der Waals surface area contributed by atoms with Crippen molar-refractivity contribution in [1.29, 1.82) is 0 Å². The summed E-state index contributed by atoms with van der Waals surface area (Å²) in [7, 11) is 0.